The van der Waals surface area contributed by atoms with Gasteiger partial charge in [0.05, 0.1) is 18.8 Å². The third-order valence-corrected chi connectivity index (χ3v) is 13.5. The monoisotopic (exact) mass is 577 g/mol. The highest BCUT2D eigenvalue weighted by Gasteiger charge is 2.63. The maximum absolute atomic E-state index is 11.7. The van der Waals surface area contributed by atoms with Gasteiger partial charge in [-0.05, 0) is 116 Å². The van der Waals surface area contributed by atoms with E-state index in [2.05, 4.69) is 27.7 Å². The van der Waals surface area contributed by atoms with Crippen molar-refractivity contribution in [1.29, 1.82) is 0 Å². The van der Waals surface area contributed by atoms with Crippen LogP contribution in [0.3, 0.4) is 0 Å². The van der Waals surface area contributed by atoms with Gasteiger partial charge in [0, 0.05) is 12.3 Å². The Morgan fingerprint density at radius 2 is 1.63 bits per heavy atom. The smallest absolute Gasteiger partial charge is 0.186 e. The van der Waals surface area contributed by atoms with Gasteiger partial charge in [-0.15, -0.1) is 0 Å². The van der Waals surface area contributed by atoms with Crippen molar-refractivity contribution in [2.45, 2.75) is 135 Å². The molecule has 8 nitrogen and oxygen atoms in total. The van der Waals surface area contributed by atoms with E-state index in [0.717, 1.165) is 32.2 Å². The summed E-state index contributed by atoms with van der Waals surface area (Å²) >= 11 is 0. The van der Waals surface area contributed by atoms with Crippen LogP contribution in [-0.4, -0.2) is 87.3 Å². The molecule has 4 saturated carbocycles. The maximum atomic E-state index is 11.7. The van der Waals surface area contributed by atoms with Gasteiger partial charge in [-0.3, -0.25) is 4.99 Å². The van der Waals surface area contributed by atoms with E-state index in [-0.39, 0.29) is 23.5 Å². The normalized spacial score (nSPS) is 54.5. The Balaban J connectivity index is 1.14. The summed E-state index contributed by atoms with van der Waals surface area (Å²) in [6, 6.07) is 0. The summed E-state index contributed by atoms with van der Waals surface area (Å²) in [4.78, 5) is 5.05. The van der Waals surface area contributed by atoms with Gasteiger partial charge < -0.3 is 35.0 Å². The van der Waals surface area contributed by atoms with Gasteiger partial charge in [-0.2, -0.15) is 0 Å². The van der Waals surface area contributed by atoms with Crippen LogP contribution in [0.4, 0.5) is 0 Å². The van der Waals surface area contributed by atoms with Crippen molar-refractivity contribution in [3.8, 4) is 0 Å². The van der Waals surface area contributed by atoms with Crippen molar-refractivity contribution in [1.82, 2.24) is 0 Å². The van der Waals surface area contributed by atoms with Crippen LogP contribution >= 0.6 is 0 Å². The molecule has 0 aromatic heterocycles. The largest absolute Gasteiger partial charge is 0.394 e. The van der Waals surface area contributed by atoms with E-state index >= 15 is 0 Å². The Labute approximate surface area is 245 Å². The third-order valence-electron chi connectivity index (χ3n) is 13.5. The molecule has 2 heterocycles. The predicted octanol–water partition coefficient (Wildman–Crippen LogP) is 3.31. The zero-order valence-electron chi connectivity index (χ0n) is 25.6. The van der Waals surface area contributed by atoms with Gasteiger partial charge in [-0.25, -0.2) is 0 Å². The molecule has 234 valence electrons. The van der Waals surface area contributed by atoms with Crippen LogP contribution in [0.2, 0.25) is 0 Å². The van der Waals surface area contributed by atoms with E-state index in [1.54, 1.807) is 0 Å². The summed E-state index contributed by atoms with van der Waals surface area (Å²) in [7, 11) is 0. The van der Waals surface area contributed by atoms with Crippen molar-refractivity contribution in [2.24, 2.45) is 57.2 Å². The molecule has 16 atom stereocenters. The molecule has 0 aromatic carbocycles. The van der Waals surface area contributed by atoms with E-state index in [1.807, 2.05) is 0 Å². The molecule has 5 N–H and O–H groups in total. The molecule has 0 aromatic rings. The fourth-order valence-corrected chi connectivity index (χ4v) is 11.1. The third kappa shape index (κ3) is 5.05. The first-order valence-electron chi connectivity index (χ1n) is 16.6. The van der Waals surface area contributed by atoms with E-state index < -0.39 is 37.3 Å². The average Bonchev–Trinajstić information content (AvgIpc) is 3.31. The molecule has 0 unspecified atom stereocenters. The van der Waals surface area contributed by atoms with Crippen LogP contribution in [0.25, 0.3) is 0 Å². The summed E-state index contributed by atoms with van der Waals surface area (Å²) < 4.78 is 11.8. The SMILES string of the molecule is C[C@H]1CCC([C@@H](C)[C@H]2CC[C@H]3[C@@H]4C[C@@H](O)[C@H]5C[C@@H](O[C@@H]6O[C@H](CO)[C@@H](O)[C@H](O)[C@H]6O)CC[C@]5(C)[C@H]4CC[C@]23C)=NC1. The molecule has 5 fully saturated rings. The van der Waals surface area contributed by atoms with E-state index in [9.17, 15) is 25.5 Å². The fourth-order valence-electron chi connectivity index (χ4n) is 11.1. The zero-order chi connectivity index (χ0) is 29.3. The second kappa shape index (κ2) is 11.4. The molecular weight excluding hydrogens is 522 g/mol. The van der Waals surface area contributed by atoms with Crippen LogP contribution in [-0.2, 0) is 9.47 Å². The summed E-state index contributed by atoms with van der Waals surface area (Å²) in [6.07, 6.45) is 3.87. The molecule has 8 heteroatoms. The van der Waals surface area contributed by atoms with E-state index in [4.69, 9.17) is 14.5 Å². The van der Waals surface area contributed by atoms with E-state index in [1.165, 1.54) is 37.8 Å². The minimum atomic E-state index is -1.44. The molecule has 0 amide bonds. The number of rotatable bonds is 5. The number of aliphatic hydroxyl groups excluding tert-OH is 5. The molecule has 0 spiro atoms. The molecule has 1 saturated heterocycles. The molecule has 4 aliphatic carbocycles. The Kier molecular flexibility index (Phi) is 8.45. The van der Waals surface area contributed by atoms with Crippen LogP contribution in [0, 0.1) is 52.3 Å². The molecule has 41 heavy (non-hydrogen) atoms. The molecule has 6 rings (SSSR count). The first-order chi connectivity index (χ1) is 19.5. The Hall–Kier alpha value is -0.610. The summed E-state index contributed by atoms with van der Waals surface area (Å²) in [5, 5.41) is 52.1. The highest BCUT2D eigenvalue weighted by molar-refractivity contribution is 5.87. The highest BCUT2D eigenvalue weighted by Crippen LogP contribution is 2.68. The second-order valence-electron chi connectivity index (χ2n) is 15.5. The number of ether oxygens (including phenoxy) is 2. The highest BCUT2D eigenvalue weighted by atomic mass is 16.7. The summed E-state index contributed by atoms with van der Waals surface area (Å²) in [5.74, 6) is 3.89. The average molecular weight is 578 g/mol. The minimum Gasteiger partial charge on any atom is -0.394 e. The zero-order valence-corrected chi connectivity index (χ0v) is 25.6. The molecule has 0 radical (unpaired) electrons. The van der Waals surface area contributed by atoms with Crippen molar-refractivity contribution in [3.05, 3.63) is 0 Å². The van der Waals surface area contributed by atoms with Gasteiger partial charge in [0.15, 0.2) is 6.29 Å². The number of hydrogen-bond acceptors (Lipinski definition) is 8. The first kappa shape index (κ1) is 30.4. The number of nitrogens with zero attached hydrogens (tertiary/aromatic N) is 1. The van der Waals surface area contributed by atoms with Gasteiger partial charge in [0.2, 0.25) is 0 Å². The number of fused-ring (bicyclic) bond motifs is 5. The molecular formula is C33H55NO7. The lowest BCUT2D eigenvalue weighted by Crippen LogP contribution is -2.61. The molecule has 2 aliphatic heterocycles. The lowest BCUT2D eigenvalue weighted by atomic mass is 9.43. The Morgan fingerprint density at radius 3 is 2.34 bits per heavy atom. The van der Waals surface area contributed by atoms with Crippen LogP contribution in [0.5, 0.6) is 0 Å². The van der Waals surface area contributed by atoms with Gasteiger partial charge in [0.1, 0.15) is 24.4 Å². The quantitative estimate of drug-likeness (QED) is 0.317. The standard InChI is InChI=1S/C33H55NO7/c1-17-5-8-25(34-15-17)18(2)21-6-7-22-20-14-26(36)24-13-19(9-11-33(24,4)23(20)10-12-32(21,22)3)40-31-30(39)29(38)28(37)27(16-35)41-31/h17-24,26-31,35-39H,5-16H2,1-4H3/t17-,18-,19-,20-,21+,22-,23-,24+,26+,27+,28+,29-,30+,31+,32+,33+/m0/s1. The van der Waals surface area contributed by atoms with Gasteiger partial charge >= 0.3 is 0 Å². The van der Waals surface area contributed by atoms with Gasteiger partial charge in [0.25, 0.3) is 0 Å². The van der Waals surface area contributed by atoms with Crippen LogP contribution in [0.1, 0.15) is 91.9 Å². The summed E-state index contributed by atoms with van der Waals surface area (Å²) in [6.45, 7) is 10.3. The van der Waals surface area contributed by atoms with Crippen molar-refractivity contribution in [2.75, 3.05) is 13.2 Å². The molecule has 6 aliphatic rings. The predicted molar refractivity (Wildman–Crippen MR) is 155 cm³/mol. The van der Waals surface area contributed by atoms with Gasteiger partial charge in [-0.1, -0.05) is 27.7 Å². The van der Waals surface area contributed by atoms with Crippen LogP contribution < -0.4 is 0 Å². The lowest BCUT2D eigenvalue weighted by molar-refractivity contribution is -0.317. The Morgan fingerprint density at radius 1 is 0.902 bits per heavy atom. The minimum absolute atomic E-state index is 0.0478. The summed E-state index contributed by atoms with van der Waals surface area (Å²) in [5.41, 5.74) is 1.83. The maximum Gasteiger partial charge on any atom is 0.186 e. The lowest BCUT2D eigenvalue weighted by Gasteiger charge is -2.62. The topological polar surface area (TPSA) is 132 Å². The van der Waals surface area contributed by atoms with Crippen LogP contribution in [0.15, 0.2) is 4.99 Å². The van der Waals surface area contributed by atoms with Crippen molar-refractivity contribution >= 4 is 5.71 Å². The second-order valence-corrected chi connectivity index (χ2v) is 15.5. The Bertz CT molecular complexity index is 975. The van der Waals surface area contributed by atoms with Crippen molar-refractivity contribution < 1.29 is 35.0 Å². The molecule has 0 bridgehead atoms. The first-order valence-corrected chi connectivity index (χ1v) is 16.6. The number of aliphatic imine (C=N–C) groups is 1. The van der Waals surface area contributed by atoms with E-state index in [0.29, 0.717) is 47.3 Å². The van der Waals surface area contributed by atoms with Crippen molar-refractivity contribution in [3.63, 3.8) is 0 Å². The fraction of sp³-hybridized carbons (Fsp3) is 0.970. The number of aliphatic hydroxyl groups is 5. The number of hydrogen-bond donors (Lipinski definition) is 5.